The number of rotatable bonds is 5. The monoisotopic (exact) mass is 345 g/mol. The molecule has 0 bridgehead atoms. The lowest BCUT2D eigenvalue weighted by Gasteiger charge is -2.27. The molecular weight excluding hydrogens is 318 g/mol. The zero-order chi connectivity index (χ0) is 17.0. The normalized spacial score (nSPS) is 15.5. The van der Waals surface area contributed by atoms with E-state index in [2.05, 4.69) is 52.4 Å². The predicted octanol–water partition coefficient (Wildman–Crippen LogP) is 3.88. The summed E-state index contributed by atoms with van der Waals surface area (Å²) in [6.07, 6.45) is 6.42. The number of anilines is 2. The lowest BCUT2D eigenvalue weighted by atomic mass is 9.98. The van der Waals surface area contributed by atoms with Crippen molar-refractivity contribution < 1.29 is 0 Å². The summed E-state index contributed by atoms with van der Waals surface area (Å²) in [5, 5.41) is 6.78. The Morgan fingerprint density at radius 3 is 2.67 bits per heavy atom. The highest BCUT2D eigenvalue weighted by Gasteiger charge is 2.17. The molecule has 1 saturated heterocycles. The molecule has 130 valence electrons. The molecule has 0 radical (unpaired) electrons. The Hall–Kier alpha value is -1.69. The van der Waals surface area contributed by atoms with Crippen LogP contribution in [0.4, 0.5) is 11.6 Å². The summed E-state index contributed by atoms with van der Waals surface area (Å²) in [5.74, 6) is 1.94. The number of nitrogens with one attached hydrogen (secondary N) is 1. The van der Waals surface area contributed by atoms with Crippen molar-refractivity contribution in [1.82, 2.24) is 15.0 Å². The second-order valence-corrected chi connectivity index (χ2v) is 8.24. The third-order valence-corrected chi connectivity index (χ3v) is 5.53. The maximum Gasteiger partial charge on any atom is 0.134 e. The quantitative estimate of drug-likeness (QED) is 0.891. The molecule has 3 rings (SSSR count). The Balaban J connectivity index is 1.54. The van der Waals surface area contributed by atoms with Gasteiger partial charge in [-0.1, -0.05) is 20.8 Å². The van der Waals surface area contributed by atoms with Gasteiger partial charge in [0.25, 0.3) is 0 Å². The molecule has 1 fully saturated rings. The largest absolute Gasteiger partial charge is 0.370 e. The van der Waals surface area contributed by atoms with Crippen LogP contribution in [-0.2, 0) is 11.8 Å². The molecule has 6 heteroatoms. The first kappa shape index (κ1) is 17.1. The molecule has 2 aromatic heterocycles. The first-order valence-electron chi connectivity index (χ1n) is 8.78. The molecular formula is C18H27N5S. The fourth-order valence-electron chi connectivity index (χ4n) is 2.82. The van der Waals surface area contributed by atoms with Crippen LogP contribution >= 0.6 is 11.3 Å². The molecule has 1 aliphatic heterocycles. The van der Waals surface area contributed by atoms with Crippen molar-refractivity contribution in [3.63, 3.8) is 0 Å². The van der Waals surface area contributed by atoms with Crippen LogP contribution in [0.2, 0.25) is 0 Å². The molecule has 1 N–H and O–H groups in total. The van der Waals surface area contributed by atoms with E-state index in [0.29, 0.717) is 0 Å². The summed E-state index contributed by atoms with van der Waals surface area (Å²) in [6, 6.07) is 2.06. The van der Waals surface area contributed by atoms with E-state index in [1.54, 1.807) is 17.7 Å². The average Bonchev–Trinajstić information content (AvgIpc) is 3.05. The molecule has 0 amide bonds. The summed E-state index contributed by atoms with van der Waals surface area (Å²) in [5.41, 5.74) is 1.29. The smallest absolute Gasteiger partial charge is 0.134 e. The van der Waals surface area contributed by atoms with Crippen molar-refractivity contribution in [2.45, 2.75) is 51.9 Å². The highest BCUT2D eigenvalue weighted by molar-refractivity contribution is 7.09. The van der Waals surface area contributed by atoms with Crippen LogP contribution in [0.1, 0.15) is 50.7 Å². The Bertz CT molecular complexity index is 655. The molecule has 0 saturated carbocycles. The number of hydrogen-bond acceptors (Lipinski definition) is 6. The minimum atomic E-state index is 0.131. The third-order valence-electron chi connectivity index (χ3n) is 4.21. The number of thiazole rings is 1. The van der Waals surface area contributed by atoms with Crippen molar-refractivity contribution in [2.75, 3.05) is 29.9 Å². The molecule has 0 atom stereocenters. The first-order valence-corrected chi connectivity index (χ1v) is 9.66. The van der Waals surface area contributed by atoms with Gasteiger partial charge in [-0.2, -0.15) is 0 Å². The van der Waals surface area contributed by atoms with Gasteiger partial charge in [0.05, 0.1) is 10.7 Å². The predicted molar refractivity (Wildman–Crippen MR) is 101 cm³/mol. The van der Waals surface area contributed by atoms with Crippen molar-refractivity contribution in [3.8, 4) is 0 Å². The zero-order valence-corrected chi connectivity index (χ0v) is 15.7. The van der Waals surface area contributed by atoms with Crippen molar-refractivity contribution >= 4 is 23.0 Å². The highest BCUT2D eigenvalue weighted by Crippen LogP contribution is 2.25. The standard InChI is InChI=1S/C18H27N5S/c1-18(2,3)17-22-14(12-24-17)7-8-19-15-11-16(21-13-20-15)23-9-5-4-6-10-23/h11-13H,4-10H2,1-3H3,(H,19,20,21). The summed E-state index contributed by atoms with van der Waals surface area (Å²) in [7, 11) is 0. The second-order valence-electron chi connectivity index (χ2n) is 7.38. The van der Waals surface area contributed by atoms with E-state index >= 15 is 0 Å². The maximum atomic E-state index is 4.74. The SMILES string of the molecule is CC(C)(C)c1nc(CCNc2cc(N3CCCCC3)ncn2)cs1. The van der Waals surface area contributed by atoms with E-state index in [4.69, 9.17) is 4.98 Å². The van der Waals surface area contributed by atoms with Gasteiger partial charge in [0, 0.05) is 42.9 Å². The van der Waals surface area contributed by atoms with Gasteiger partial charge in [0.15, 0.2) is 0 Å². The van der Waals surface area contributed by atoms with Gasteiger partial charge < -0.3 is 10.2 Å². The lowest BCUT2D eigenvalue weighted by Crippen LogP contribution is -2.30. The van der Waals surface area contributed by atoms with Crippen molar-refractivity contribution in [3.05, 3.63) is 28.5 Å². The van der Waals surface area contributed by atoms with Gasteiger partial charge in [-0.15, -0.1) is 11.3 Å². The van der Waals surface area contributed by atoms with Gasteiger partial charge in [-0.25, -0.2) is 15.0 Å². The molecule has 3 heterocycles. The molecule has 24 heavy (non-hydrogen) atoms. The molecule has 0 aromatic carbocycles. The van der Waals surface area contributed by atoms with E-state index in [-0.39, 0.29) is 5.41 Å². The van der Waals surface area contributed by atoms with E-state index in [1.165, 1.54) is 24.3 Å². The van der Waals surface area contributed by atoms with Crippen LogP contribution in [0.5, 0.6) is 0 Å². The summed E-state index contributed by atoms with van der Waals surface area (Å²) < 4.78 is 0. The van der Waals surface area contributed by atoms with E-state index in [1.807, 2.05) is 0 Å². The van der Waals surface area contributed by atoms with Crippen LogP contribution in [0.25, 0.3) is 0 Å². The fourth-order valence-corrected chi connectivity index (χ4v) is 3.77. The Kier molecular flexibility index (Phi) is 5.33. The van der Waals surface area contributed by atoms with Crippen LogP contribution < -0.4 is 10.2 Å². The van der Waals surface area contributed by atoms with Crippen LogP contribution in [-0.4, -0.2) is 34.6 Å². The number of hydrogen-bond donors (Lipinski definition) is 1. The van der Waals surface area contributed by atoms with E-state index in [0.717, 1.165) is 43.4 Å². The van der Waals surface area contributed by atoms with Crippen LogP contribution in [0.3, 0.4) is 0 Å². The van der Waals surface area contributed by atoms with Gasteiger partial charge in [-0.3, -0.25) is 0 Å². The molecule has 2 aromatic rings. The average molecular weight is 346 g/mol. The van der Waals surface area contributed by atoms with E-state index in [9.17, 15) is 0 Å². The zero-order valence-electron chi connectivity index (χ0n) is 14.9. The maximum absolute atomic E-state index is 4.74. The fraction of sp³-hybridized carbons (Fsp3) is 0.611. The summed E-state index contributed by atoms with van der Waals surface area (Å²) in [4.78, 5) is 15.9. The first-order chi connectivity index (χ1) is 11.5. The number of aromatic nitrogens is 3. The van der Waals surface area contributed by atoms with Crippen molar-refractivity contribution in [1.29, 1.82) is 0 Å². The molecule has 1 aliphatic rings. The Morgan fingerprint density at radius 1 is 1.17 bits per heavy atom. The summed E-state index contributed by atoms with van der Waals surface area (Å²) >= 11 is 1.75. The van der Waals surface area contributed by atoms with Crippen LogP contribution in [0, 0.1) is 0 Å². The molecule has 0 spiro atoms. The van der Waals surface area contributed by atoms with Gasteiger partial charge in [-0.05, 0) is 19.3 Å². The minimum Gasteiger partial charge on any atom is -0.370 e. The highest BCUT2D eigenvalue weighted by atomic mass is 32.1. The molecule has 5 nitrogen and oxygen atoms in total. The van der Waals surface area contributed by atoms with Gasteiger partial charge in [0.1, 0.15) is 18.0 Å². The number of piperidine rings is 1. The molecule has 0 aliphatic carbocycles. The Labute approximate surface area is 148 Å². The second kappa shape index (κ2) is 7.47. The van der Waals surface area contributed by atoms with Crippen molar-refractivity contribution in [2.24, 2.45) is 0 Å². The summed E-state index contributed by atoms with van der Waals surface area (Å²) in [6.45, 7) is 9.66. The number of nitrogens with zero attached hydrogens (tertiary/aromatic N) is 4. The minimum absolute atomic E-state index is 0.131. The third kappa shape index (κ3) is 4.44. The molecule has 0 unspecified atom stereocenters. The lowest BCUT2D eigenvalue weighted by molar-refractivity contribution is 0.573. The van der Waals surface area contributed by atoms with Gasteiger partial charge in [0.2, 0.25) is 0 Å². The topological polar surface area (TPSA) is 53.9 Å². The van der Waals surface area contributed by atoms with E-state index < -0.39 is 0 Å². The van der Waals surface area contributed by atoms with Gasteiger partial charge >= 0.3 is 0 Å². The Morgan fingerprint density at radius 2 is 1.96 bits per heavy atom. The van der Waals surface area contributed by atoms with Crippen LogP contribution in [0.15, 0.2) is 17.8 Å².